The van der Waals surface area contributed by atoms with Crippen LogP contribution in [0.4, 0.5) is 4.39 Å². The maximum atomic E-state index is 13.0. The molecule has 29 heavy (non-hydrogen) atoms. The van der Waals surface area contributed by atoms with E-state index in [0.29, 0.717) is 18.8 Å². The van der Waals surface area contributed by atoms with Crippen LogP contribution >= 0.6 is 35.3 Å². The molecule has 0 radical (unpaired) electrons. The number of halogens is 2. The van der Waals surface area contributed by atoms with Gasteiger partial charge in [-0.05, 0) is 45.0 Å². The van der Waals surface area contributed by atoms with E-state index in [4.69, 9.17) is 9.47 Å². The van der Waals surface area contributed by atoms with Crippen LogP contribution in [0.3, 0.4) is 0 Å². The lowest BCUT2D eigenvalue weighted by Gasteiger charge is -2.22. The van der Waals surface area contributed by atoms with E-state index >= 15 is 0 Å². The van der Waals surface area contributed by atoms with E-state index in [0.717, 1.165) is 23.2 Å². The van der Waals surface area contributed by atoms with Crippen molar-refractivity contribution in [2.45, 2.75) is 39.5 Å². The number of nitrogens with zero attached hydrogens (tertiary/aromatic N) is 3. The number of guanidine groups is 1. The van der Waals surface area contributed by atoms with Crippen LogP contribution in [-0.2, 0) is 11.3 Å². The van der Waals surface area contributed by atoms with E-state index < -0.39 is 0 Å². The molecule has 1 heterocycles. The number of thiazole rings is 1. The van der Waals surface area contributed by atoms with Crippen LogP contribution in [0.1, 0.15) is 37.6 Å². The molecule has 6 nitrogen and oxygen atoms in total. The van der Waals surface area contributed by atoms with E-state index in [2.05, 4.69) is 15.3 Å². The van der Waals surface area contributed by atoms with Gasteiger partial charge >= 0.3 is 0 Å². The summed E-state index contributed by atoms with van der Waals surface area (Å²) in [5.41, 5.74) is 0.979. The van der Waals surface area contributed by atoms with Crippen LogP contribution in [0, 0.1) is 5.82 Å². The summed E-state index contributed by atoms with van der Waals surface area (Å²) < 4.78 is 24.1. The maximum absolute atomic E-state index is 13.0. The molecule has 9 heteroatoms. The second-order valence-electron chi connectivity index (χ2n) is 6.49. The van der Waals surface area contributed by atoms with Crippen molar-refractivity contribution in [2.24, 2.45) is 4.99 Å². The van der Waals surface area contributed by atoms with Crippen LogP contribution in [0.25, 0.3) is 0 Å². The molecule has 0 amide bonds. The minimum Gasteiger partial charge on any atom is -0.489 e. The Balaban J connectivity index is 0.00000420. The first kappa shape index (κ1) is 25.6. The van der Waals surface area contributed by atoms with E-state index in [-0.39, 0.29) is 42.0 Å². The first-order chi connectivity index (χ1) is 13.4. The summed E-state index contributed by atoms with van der Waals surface area (Å²) >= 11 is 1.60. The van der Waals surface area contributed by atoms with Gasteiger partial charge in [-0.15, -0.1) is 35.3 Å². The molecule has 162 valence electrons. The van der Waals surface area contributed by atoms with Crippen LogP contribution in [0.15, 0.2) is 34.6 Å². The summed E-state index contributed by atoms with van der Waals surface area (Å²) in [7, 11) is 3.66. The lowest BCUT2D eigenvalue weighted by molar-refractivity contribution is 0.119. The average molecular weight is 536 g/mol. The zero-order valence-corrected chi connectivity index (χ0v) is 20.7. The van der Waals surface area contributed by atoms with Crippen molar-refractivity contribution < 1.29 is 13.9 Å². The highest BCUT2D eigenvalue weighted by molar-refractivity contribution is 14.0. The number of hydrogen-bond acceptors (Lipinski definition) is 5. The van der Waals surface area contributed by atoms with Crippen molar-refractivity contribution >= 4 is 41.3 Å². The number of rotatable bonds is 9. The molecule has 0 saturated heterocycles. The van der Waals surface area contributed by atoms with Crippen molar-refractivity contribution in [3.05, 3.63) is 46.2 Å². The van der Waals surface area contributed by atoms with Crippen molar-refractivity contribution in [3.8, 4) is 5.75 Å². The molecule has 0 aliphatic rings. The van der Waals surface area contributed by atoms with Gasteiger partial charge in [-0.2, -0.15) is 0 Å². The maximum Gasteiger partial charge on any atom is 0.194 e. The van der Waals surface area contributed by atoms with Crippen molar-refractivity contribution in [2.75, 3.05) is 27.2 Å². The highest BCUT2D eigenvalue weighted by atomic mass is 127. The van der Waals surface area contributed by atoms with Crippen LogP contribution < -0.4 is 10.1 Å². The van der Waals surface area contributed by atoms with Gasteiger partial charge in [-0.1, -0.05) is 0 Å². The van der Waals surface area contributed by atoms with Gasteiger partial charge in [0.15, 0.2) is 5.96 Å². The predicted molar refractivity (Wildman–Crippen MR) is 127 cm³/mol. The standard InChI is InChI=1S/C20H29FN4O2S.HI/c1-6-22-20(23-11-14(2)27-18-9-7-16(21)8-10-18)25(4)12-17-13-28-19(24-17)15(3)26-5;/h7-10,13-15H,6,11-12H2,1-5H3,(H,22,23);1H. The first-order valence-electron chi connectivity index (χ1n) is 9.31. The zero-order valence-electron chi connectivity index (χ0n) is 17.5. The highest BCUT2D eigenvalue weighted by Gasteiger charge is 2.13. The Labute approximate surface area is 193 Å². The van der Waals surface area contributed by atoms with Gasteiger partial charge in [0.2, 0.25) is 0 Å². The molecule has 0 aliphatic carbocycles. The molecule has 1 aromatic heterocycles. The molecule has 1 aromatic carbocycles. The van der Waals surface area contributed by atoms with Gasteiger partial charge in [-0.25, -0.2) is 14.4 Å². The van der Waals surface area contributed by atoms with Gasteiger partial charge in [0.05, 0.1) is 18.8 Å². The molecule has 2 rings (SSSR count). The summed E-state index contributed by atoms with van der Waals surface area (Å²) in [5.74, 6) is 1.13. The van der Waals surface area contributed by atoms with Crippen LogP contribution in [0.5, 0.6) is 5.75 Å². The Morgan fingerprint density at radius 3 is 2.62 bits per heavy atom. The Bertz CT molecular complexity index is 757. The third-order valence-electron chi connectivity index (χ3n) is 4.02. The van der Waals surface area contributed by atoms with E-state index in [1.807, 2.05) is 38.1 Å². The molecule has 0 spiro atoms. The normalized spacial score (nSPS) is 13.4. The summed E-state index contributed by atoms with van der Waals surface area (Å²) in [5, 5.41) is 6.31. The van der Waals surface area contributed by atoms with E-state index in [9.17, 15) is 4.39 Å². The minimum absolute atomic E-state index is 0. The number of aromatic nitrogens is 1. The van der Waals surface area contributed by atoms with Gasteiger partial charge in [0.1, 0.15) is 28.8 Å². The topological polar surface area (TPSA) is 59.0 Å². The van der Waals surface area contributed by atoms with Crippen LogP contribution in [-0.4, -0.2) is 49.2 Å². The molecular formula is C20H30FIN4O2S. The van der Waals surface area contributed by atoms with E-state index in [1.54, 1.807) is 30.6 Å². The Kier molecular flexibility index (Phi) is 11.4. The van der Waals surface area contributed by atoms with Gasteiger partial charge in [0.25, 0.3) is 0 Å². The molecule has 0 aliphatic heterocycles. The number of methoxy groups -OCH3 is 1. The quantitative estimate of drug-likeness (QED) is 0.291. The third-order valence-corrected chi connectivity index (χ3v) is 5.07. The predicted octanol–water partition coefficient (Wildman–Crippen LogP) is 4.47. The van der Waals surface area contributed by atoms with E-state index in [1.165, 1.54) is 12.1 Å². The molecule has 0 bridgehead atoms. The molecule has 0 fully saturated rings. The Morgan fingerprint density at radius 1 is 1.31 bits per heavy atom. The number of aliphatic imine (C=N–C) groups is 1. The molecule has 2 aromatic rings. The lowest BCUT2D eigenvalue weighted by Crippen LogP contribution is -2.39. The Morgan fingerprint density at radius 2 is 2.00 bits per heavy atom. The fourth-order valence-corrected chi connectivity index (χ4v) is 3.31. The summed E-state index contributed by atoms with van der Waals surface area (Å²) in [4.78, 5) is 11.3. The summed E-state index contributed by atoms with van der Waals surface area (Å²) in [6.07, 6.45) is -0.142. The Hall–Kier alpha value is -1.46. The van der Waals surface area contributed by atoms with Crippen LogP contribution in [0.2, 0.25) is 0 Å². The number of hydrogen-bond donors (Lipinski definition) is 1. The second kappa shape index (κ2) is 13.0. The SMILES string of the molecule is CCNC(=NCC(C)Oc1ccc(F)cc1)N(C)Cc1csc(C(C)OC)n1.I. The van der Waals surface area contributed by atoms with Crippen molar-refractivity contribution in [3.63, 3.8) is 0 Å². The number of nitrogens with one attached hydrogen (secondary N) is 1. The molecule has 1 N–H and O–H groups in total. The number of ether oxygens (including phenoxy) is 2. The number of benzene rings is 1. The fraction of sp³-hybridized carbons (Fsp3) is 0.500. The van der Waals surface area contributed by atoms with Crippen molar-refractivity contribution in [1.82, 2.24) is 15.2 Å². The highest BCUT2D eigenvalue weighted by Crippen LogP contribution is 2.21. The molecule has 2 atom stereocenters. The van der Waals surface area contributed by atoms with Crippen molar-refractivity contribution in [1.29, 1.82) is 0 Å². The first-order valence-corrected chi connectivity index (χ1v) is 10.2. The monoisotopic (exact) mass is 536 g/mol. The second-order valence-corrected chi connectivity index (χ2v) is 7.38. The smallest absolute Gasteiger partial charge is 0.194 e. The average Bonchev–Trinajstić information content (AvgIpc) is 3.14. The largest absolute Gasteiger partial charge is 0.489 e. The third kappa shape index (κ3) is 8.43. The fourth-order valence-electron chi connectivity index (χ4n) is 2.47. The molecular weight excluding hydrogens is 506 g/mol. The molecule has 0 saturated carbocycles. The lowest BCUT2D eigenvalue weighted by atomic mass is 10.3. The van der Waals surface area contributed by atoms with Gasteiger partial charge in [0, 0.05) is 26.1 Å². The minimum atomic E-state index is -0.279. The van der Waals surface area contributed by atoms with Gasteiger partial charge in [-0.3, -0.25) is 0 Å². The summed E-state index contributed by atoms with van der Waals surface area (Å²) in [6, 6.07) is 6.01. The molecule has 2 unspecified atom stereocenters. The summed E-state index contributed by atoms with van der Waals surface area (Å²) in [6.45, 7) is 7.84. The zero-order chi connectivity index (χ0) is 20.5. The van der Waals surface area contributed by atoms with Gasteiger partial charge < -0.3 is 19.7 Å².